The molecule has 0 saturated heterocycles. The standard InChI is InChI=1S/C14H12FNO/c1-11(17)16(13-5-3-2-4-6-13)14-9-7-12(15)8-10-14/h2-10H,1H3. The van der Waals surface area contributed by atoms with Crippen LogP contribution in [0.3, 0.4) is 0 Å². The zero-order chi connectivity index (χ0) is 12.3. The number of rotatable bonds is 2. The van der Waals surface area contributed by atoms with Gasteiger partial charge in [0.05, 0.1) is 0 Å². The highest BCUT2D eigenvalue weighted by Gasteiger charge is 2.13. The molecule has 0 spiro atoms. The summed E-state index contributed by atoms with van der Waals surface area (Å²) in [7, 11) is 0. The van der Waals surface area contributed by atoms with E-state index in [1.807, 2.05) is 30.3 Å². The van der Waals surface area contributed by atoms with E-state index in [9.17, 15) is 9.18 Å². The van der Waals surface area contributed by atoms with Crippen molar-refractivity contribution in [3.8, 4) is 0 Å². The maximum atomic E-state index is 12.9. The van der Waals surface area contributed by atoms with Gasteiger partial charge in [-0.05, 0) is 36.4 Å². The largest absolute Gasteiger partial charge is 0.281 e. The smallest absolute Gasteiger partial charge is 0.228 e. The molecule has 0 fully saturated rings. The Balaban J connectivity index is 2.43. The van der Waals surface area contributed by atoms with Gasteiger partial charge in [-0.1, -0.05) is 18.2 Å². The van der Waals surface area contributed by atoms with Crippen LogP contribution in [0.25, 0.3) is 0 Å². The van der Waals surface area contributed by atoms with Gasteiger partial charge >= 0.3 is 0 Å². The van der Waals surface area contributed by atoms with Crippen LogP contribution in [0.15, 0.2) is 54.6 Å². The van der Waals surface area contributed by atoms with Crippen LogP contribution in [0.2, 0.25) is 0 Å². The lowest BCUT2D eigenvalue weighted by Crippen LogP contribution is -2.22. The number of benzene rings is 2. The molecule has 0 saturated carbocycles. The van der Waals surface area contributed by atoms with E-state index < -0.39 is 0 Å². The normalized spacial score (nSPS) is 10.0. The molecule has 0 N–H and O–H groups in total. The highest BCUT2D eigenvalue weighted by atomic mass is 19.1. The third kappa shape index (κ3) is 2.50. The first kappa shape index (κ1) is 11.3. The van der Waals surface area contributed by atoms with E-state index in [0.717, 1.165) is 5.69 Å². The van der Waals surface area contributed by atoms with Crippen LogP contribution in [0.1, 0.15) is 6.92 Å². The molecule has 0 aliphatic heterocycles. The van der Waals surface area contributed by atoms with Crippen molar-refractivity contribution >= 4 is 17.3 Å². The van der Waals surface area contributed by atoms with Gasteiger partial charge in [0.1, 0.15) is 5.82 Å². The van der Waals surface area contributed by atoms with Gasteiger partial charge in [-0.3, -0.25) is 9.69 Å². The SMILES string of the molecule is CC(=O)N(c1ccccc1)c1ccc(F)cc1. The Kier molecular flexibility index (Phi) is 3.19. The van der Waals surface area contributed by atoms with Gasteiger partial charge in [-0.25, -0.2) is 4.39 Å². The molecule has 2 nitrogen and oxygen atoms in total. The summed E-state index contributed by atoms with van der Waals surface area (Å²) in [5.74, 6) is -0.423. The van der Waals surface area contributed by atoms with Gasteiger partial charge in [0.15, 0.2) is 0 Å². The lowest BCUT2D eigenvalue weighted by molar-refractivity contribution is -0.115. The fraction of sp³-hybridized carbons (Fsp3) is 0.0714. The second-order valence-electron chi connectivity index (χ2n) is 3.67. The third-order valence-corrected chi connectivity index (χ3v) is 2.41. The van der Waals surface area contributed by atoms with Crippen molar-refractivity contribution in [2.75, 3.05) is 4.90 Å². The quantitative estimate of drug-likeness (QED) is 0.771. The van der Waals surface area contributed by atoms with Crippen molar-refractivity contribution < 1.29 is 9.18 Å². The zero-order valence-electron chi connectivity index (χ0n) is 9.43. The molecule has 86 valence electrons. The highest BCUT2D eigenvalue weighted by molar-refractivity contribution is 5.98. The molecule has 0 heterocycles. The Labute approximate surface area is 99.3 Å². The van der Waals surface area contributed by atoms with E-state index in [4.69, 9.17) is 0 Å². The van der Waals surface area contributed by atoms with Crippen molar-refractivity contribution in [3.05, 3.63) is 60.4 Å². The second kappa shape index (κ2) is 4.78. The average Bonchev–Trinajstić information content (AvgIpc) is 2.33. The minimum atomic E-state index is -0.315. The molecular formula is C14H12FNO. The number of carbonyl (C=O) groups excluding carboxylic acids is 1. The Bertz CT molecular complexity index is 508. The molecule has 0 atom stereocenters. The summed E-state index contributed by atoms with van der Waals surface area (Å²) < 4.78 is 12.9. The number of hydrogen-bond acceptors (Lipinski definition) is 1. The Hall–Kier alpha value is -2.16. The molecule has 0 aliphatic carbocycles. The van der Waals surface area contributed by atoms with Crippen LogP contribution in [0.5, 0.6) is 0 Å². The number of carbonyl (C=O) groups is 1. The monoisotopic (exact) mass is 229 g/mol. The van der Waals surface area contributed by atoms with Gasteiger partial charge in [0.2, 0.25) is 5.91 Å². The minimum Gasteiger partial charge on any atom is -0.281 e. The molecule has 0 radical (unpaired) electrons. The highest BCUT2D eigenvalue weighted by Crippen LogP contribution is 2.25. The fourth-order valence-electron chi connectivity index (χ4n) is 1.68. The molecule has 17 heavy (non-hydrogen) atoms. The molecule has 2 rings (SSSR count). The van der Waals surface area contributed by atoms with E-state index >= 15 is 0 Å². The second-order valence-corrected chi connectivity index (χ2v) is 3.67. The van der Waals surface area contributed by atoms with Gasteiger partial charge in [-0.15, -0.1) is 0 Å². The Morgan fingerprint density at radius 1 is 0.941 bits per heavy atom. The van der Waals surface area contributed by atoms with Crippen molar-refractivity contribution in [3.63, 3.8) is 0 Å². The summed E-state index contributed by atoms with van der Waals surface area (Å²) in [6.07, 6.45) is 0. The maximum Gasteiger partial charge on any atom is 0.228 e. The van der Waals surface area contributed by atoms with Crippen LogP contribution >= 0.6 is 0 Å². The van der Waals surface area contributed by atoms with Crippen molar-refractivity contribution in [1.29, 1.82) is 0 Å². The topological polar surface area (TPSA) is 20.3 Å². The average molecular weight is 229 g/mol. The van der Waals surface area contributed by atoms with Crippen LogP contribution in [0.4, 0.5) is 15.8 Å². The molecule has 0 aromatic heterocycles. The van der Waals surface area contributed by atoms with Gasteiger partial charge in [0.25, 0.3) is 0 Å². The lowest BCUT2D eigenvalue weighted by atomic mass is 10.2. The summed E-state index contributed by atoms with van der Waals surface area (Å²) in [5, 5.41) is 0. The Morgan fingerprint density at radius 2 is 1.47 bits per heavy atom. The molecule has 0 aliphatic rings. The van der Waals surface area contributed by atoms with Crippen LogP contribution in [-0.2, 0) is 4.79 Å². The summed E-state index contributed by atoms with van der Waals surface area (Å²) in [6.45, 7) is 1.48. The number of anilines is 2. The first-order valence-electron chi connectivity index (χ1n) is 5.30. The van der Waals surface area contributed by atoms with E-state index in [1.165, 1.54) is 19.1 Å². The first-order valence-corrected chi connectivity index (χ1v) is 5.30. The number of hydrogen-bond donors (Lipinski definition) is 0. The first-order chi connectivity index (χ1) is 8.18. The molecule has 0 unspecified atom stereocenters. The summed E-state index contributed by atoms with van der Waals surface area (Å²) in [4.78, 5) is 13.2. The van der Waals surface area contributed by atoms with Crippen LogP contribution < -0.4 is 4.90 Å². The Morgan fingerprint density at radius 3 is 2.00 bits per heavy atom. The van der Waals surface area contributed by atoms with Gasteiger partial charge in [0, 0.05) is 18.3 Å². The fourth-order valence-corrected chi connectivity index (χ4v) is 1.68. The molecule has 2 aromatic carbocycles. The predicted molar refractivity (Wildman–Crippen MR) is 65.7 cm³/mol. The maximum absolute atomic E-state index is 12.9. The van der Waals surface area contributed by atoms with Crippen LogP contribution in [-0.4, -0.2) is 5.91 Å². The van der Waals surface area contributed by atoms with Crippen LogP contribution in [0, 0.1) is 5.82 Å². The third-order valence-electron chi connectivity index (χ3n) is 2.41. The van der Waals surface area contributed by atoms with Crippen molar-refractivity contribution in [2.24, 2.45) is 0 Å². The van der Waals surface area contributed by atoms with Gasteiger partial charge in [-0.2, -0.15) is 0 Å². The summed E-state index contributed by atoms with van der Waals surface area (Å²) >= 11 is 0. The number of halogens is 1. The summed E-state index contributed by atoms with van der Waals surface area (Å²) in [5.41, 5.74) is 1.43. The van der Waals surface area contributed by atoms with E-state index in [-0.39, 0.29) is 11.7 Å². The van der Waals surface area contributed by atoms with Crippen molar-refractivity contribution in [2.45, 2.75) is 6.92 Å². The molecule has 2 aromatic rings. The van der Waals surface area contributed by atoms with Gasteiger partial charge < -0.3 is 0 Å². The zero-order valence-corrected chi connectivity index (χ0v) is 9.43. The lowest BCUT2D eigenvalue weighted by Gasteiger charge is -2.21. The summed E-state index contributed by atoms with van der Waals surface area (Å²) in [6, 6.07) is 15.1. The minimum absolute atomic E-state index is 0.109. The number of nitrogens with zero attached hydrogens (tertiary/aromatic N) is 1. The number of para-hydroxylation sites is 1. The molecule has 1 amide bonds. The molecular weight excluding hydrogens is 217 g/mol. The molecule has 3 heteroatoms. The van der Waals surface area contributed by atoms with E-state index in [2.05, 4.69) is 0 Å². The number of amides is 1. The molecule has 0 bridgehead atoms. The van der Waals surface area contributed by atoms with Crippen molar-refractivity contribution in [1.82, 2.24) is 0 Å². The van der Waals surface area contributed by atoms with E-state index in [1.54, 1.807) is 17.0 Å². The predicted octanol–water partition coefficient (Wildman–Crippen LogP) is 3.51. The van der Waals surface area contributed by atoms with E-state index in [0.29, 0.717) is 5.69 Å².